The number of ether oxygens (including phenoxy) is 2. The molecule has 4 heterocycles. The molecule has 30 heavy (non-hydrogen) atoms. The first-order chi connectivity index (χ1) is 14.8. The summed E-state index contributed by atoms with van der Waals surface area (Å²) in [5, 5.41) is 12.4. The van der Waals surface area contributed by atoms with Gasteiger partial charge < -0.3 is 19.3 Å². The van der Waals surface area contributed by atoms with E-state index in [2.05, 4.69) is 33.5 Å². The molecule has 0 spiro atoms. The van der Waals surface area contributed by atoms with Crippen molar-refractivity contribution in [3.8, 4) is 11.5 Å². The van der Waals surface area contributed by atoms with Gasteiger partial charge in [0.1, 0.15) is 6.61 Å². The first kappa shape index (κ1) is 19.5. The van der Waals surface area contributed by atoms with E-state index in [4.69, 9.17) is 14.0 Å². The SMILES string of the molecule is C[C@@H]1CCCC[C@@H]1Nc1c(-c2nc(COC3CCCCO3)no2)cnn2cccc12. The number of hydrogen-bond acceptors (Lipinski definition) is 7. The van der Waals surface area contributed by atoms with Crippen molar-refractivity contribution in [2.75, 3.05) is 11.9 Å². The zero-order chi connectivity index (χ0) is 20.3. The summed E-state index contributed by atoms with van der Waals surface area (Å²) in [6.45, 7) is 3.35. The molecular formula is C22H29N5O3. The van der Waals surface area contributed by atoms with Gasteiger partial charge in [-0.25, -0.2) is 4.52 Å². The molecule has 1 saturated heterocycles. The topological polar surface area (TPSA) is 86.7 Å². The van der Waals surface area contributed by atoms with Crippen LogP contribution in [0.1, 0.15) is 57.7 Å². The summed E-state index contributed by atoms with van der Waals surface area (Å²) in [6.07, 6.45) is 11.7. The second kappa shape index (κ2) is 8.73. The molecule has 3 aromatic heterocycles. The lowest BCUT2D eigenvalue weighted by Crippen LogP contribution is -2.30. The smallest absolute Gasteiger partial charge is 0.261 e. The molecular weight excluding hydrogens is 382 g/mol. The van der Waals surface area contributed by atoms with E-state index in [1.54, 1.807) is 6.20 Å². The summed E-state index contributed by atoms with van der Waals surface area (Å²) in [6, 6.07) is 4.49. The molecule has 5 rings (SSSR count). The Morgan fingerprint density at radius 1 is 1.20 bits per heavy atom. The van der Waals surface area contributed by atoms with Crippen molar-refractivity contribution in [1.82, 2.24) is 19.8 Å². The van der Waals surface area contributed by atoms with E-state index in [0.717, 1.165) is 42.6 Å². The Hall–Kier alpha value is -2.45. The van der Waals surface area contributed by atoms with Gasteiger partial charge in [0.25, 0.3) is 5.89 Å². The lowest BCUT2D eigenvalue weighted by Gasteiger charge is -2.31. The number of nitrogens with zero attached hydrogens (tertiary/aromatic N) is 4. The molecule has 0 aromatic carbocycles. The van der Waals surface area contributed by atoms with Crippen LogP contribution < -0.4 is 5.32 Å². The molecule has 1 aliphatic heterocycles. The van der Waals surface area contributed by atoms with Crippen LogP contribution in [0.4, 0.5) is 5.69 Å². The van der Waals surface area contributed by atoms with E-state index in [9.17, 15) is 0 Å². The van der Waals surface area contributed by atoms with Gasteiger partial charge in [-0.15, -0.1) is 0 Å². The number of rotatable bonds is 6. The summed E-state index contributed by atoms with van der Waals surface area (Å²) in [7, 11) is 0. The van der Waals surface area contributed by atoms with Crippen LogP contribution in [0.3, 0.4) is 0 Å². The van der Waals surface area contributed by atoms with E-state index in [1.165, 1.54) is 25.7 Å². The average Bonchev–Trinajstić information content (AvgIpc) is 3.44. The molecule has 0 amide bonds. The fourth-order valence-corrected chi connectivity index (χ4v) is 4.46. The fraction of sp³-hybridized carbons (Fsp3) is 0.591. The summed E-state index contributed by atoms with van der Waals surface area (Å²) in [5.74, 6) is 1.60. The molecule has 0 bridgehead atoms. The highest BCUT2D eigenvalue weighted by atomic mass is 16.7. The summed E-state index contributed by atoms with van der Waals surface area (Å²) in [4.78, 5) is 4.58. The van der Waals surface area contributed by atoms with Crippen molar-refractivity contribution < 1.29 is 14.0 Å². The van der Waals surface area contributed by atoms with Gasteiger partial charge in [0.2, 0.25) is 0 Å². The Bertz CT molecular complexity index is 978. The Morgan fingerprint density at radius 2 is 2.10 bits per heavy atom. The van der Waals surface area contributed by atoms with Crippen molar-refractivity contribution in [3.05, 3.63) is 30.4 Å². The highest BCUT2D eigenvalue weighted by Crippen LogP contribution is 2.34. The van der Waals surface area contributed by atoms with Crippen LogP contribution in [-0.2, 0) is 16.1 Å². The van der Waals surface area contributed by atoms with Gasteiger partial charge in [-0.1, -0.05) is 24.9 Å². The zero-order valence-electron chi connectivity index (χ0n) is 17.4. The van der Waals surface area contributed by atoms with Crippen LogP contribution in [-0.4, -0.2) is 38.7 Å². The molecule has 3 aromatic rings. The third-order valence-electron chi connectivity index (χ3n) is 6.24. The van der Waals surface area contributed by atoms with Gasteiger partial charge in [0, 0.05) is 18.8 Å². The zero-order valence-corrected chi connectivity index (χ0v) is 17.4. The van der Waals surface area contributed by atoms with Crippen molar-refractivity contribution in [2.45, 2.75) is 70.8 Å². The monoisotopic (exact) mass is 411 g/mol. The largest absolute Gasteiger partial charge is 0.380 e. The Balaban J connectivity index is 1.39. The van der Waals surface area contributed by atoms with Crippen molar-refractivity contribution in [3.63, 3.8) is 0 Å². The standard InChI is InChI=1S/C22H29N5O3/c1-15-7-2-3-8-17(15)24-21-16(13-23-27-11-6-9-18(21)27)22-25-19(26-30-22)14-29-20-10-4-5-12-28-20/h6,9,11,13,15,17,20,24H,2-5,7-8,10,12,14H2,1H3/t15-,17+,20?/m1/s1. The minimum Gasteiger partial charge on any atom is -0.380 e. The number of nitrogens with one attached hydrogen (secondary N) is 1. The fourth-order valence-electron chi connectivity index (χ4n) is 4.46. The van der Waals surface area contributed by atoms with E-state index in [0.29, 0.717) is 23.7 Å². The Kier molecular flexibility index (Phi) is 5.68. The lowest BCUT2D eigenvalue weighted by atomic mass is 9.85. The van der Waals surface area contributed by atoms with Crippen LogP contribution in [0.5, 0.6) is 0 Å². The van der Waals surface area contributed by atoms with Gasteiger partial charge in [0.15, 0.2) is 12.1 Å². The Morgan fingerprint density at radius 3 is 2.97 bits per heavy atom. The number of hydrogen-bond donors (Lipinski definition) is 1. The average molecular weight is 412 g/mol. The van der Waals surface area contributed by atoms with Crippen LogP contribution >= 0.6 is 0 Å². The minimum absolute atomic E-state index is 0.176. The molecule has 1 unspecified atom stereocenters. The molecule has 1 saturated carbocycles. The highest BCUT2D eigenvalue weighted by Gasteiger charge is 2.25. The number of anilines is 1. The molecule has 1 N–H and O–H groups in total. The maximum absolute atomic E-state index is 5.80. The third kappa shape index (κ3) is 4.06. The van der Waals surface area contributed by atoms with Gasteiger partial charge >= 0.3 is 0 Å². The van der Waals surface area contributed by atoms with Gasteiger partial charge in [-0.2, -0.15) is 10.1 Å². The normalized spacial score (nSPS) is 24.9. The summed E-state index contributed by atoms with van der Waals surface area (Å²) in [5.41, 5.74) is 2.84. The first-order valence-corrected chi connectivity index (χ1v) is 11.1. The van der Waals surface area contributed by atoms with E-state index < -0.39 is 0 Å². The predicted octanol–water partition coefficient (Wildman–Crippen LogP) is 4.42. The van der Waals surface area contributed by atoms with Crippen molar-refractivity contribution in [1.29, 1.82) is 0 Å². The molecule has 8 heteroatoms. The quantitative estimate of drug-likeness (QED) is 0.642. The highest BCUT2D eigenvalue weighted by molar-refractivity contribution is 5.85. The first-order valence-electron chi connectivity index (χ1n) is 11.1. The third-order valence-corrected chi connectivity index (χ3v) is 6.24. The van der Waals surface area contributed by atoms with Gasteiger partial charge in [-0.05, 0) is 50.2 Å². The second-order valence-corrected chi connectivity index (χ2v) is 8.41. The van der Waals surface area contributed by atoms with E-state index in [-0.39, 0.29) is 12.9 Å². The van der Waals surface area contributed by atoms with Crippen LogP contribution in [0.15, 0.2) is 29.0 Å². The number of fused-ring (bicyclic) bond motifs is 1. The summed E-state index contributed by atoms with van der Waals surface area (Å²) >= 11 is 0. The molecule has 3 atom stereocenters. The Labute approximate surface area is 175 Å². The molecule has 1 aliphatic carbocycles. The molecule has 0 radical (unpaired) electrons. The van der Waals surface area contributed by atoms with E-state index in [1.807, 2.05) is 16.8 Å². The molecule has 8 nitrogen and oxygen atoms in total. The van der Waals surface area contributed by atoms with Crippen molar-refractivity contribution in [2.24, 2.45) is 5.92 Å². The number of aromatic nitrogens is 4. The predicted molar refractivity (Wildman–Crippen MR) is 112 cm³/mol. The maximum atomic E-state index is 5.80. The second-order valence-electron chi connectivity index (χ2n) is 8.41. The maximum Gasteiger partial charge on any atom is 0.261 e. The van der Waals surface area contributed by atoms with E-state index >= 15 is 0 Å². The molecule has 2 fully saturated rings. The van der Waals surface area contributed by atoms with Crippen LogP contribution in [0.2, 0.25) is 0 Å². The van der Waals surface area contributed by atoms with Crippen molar-refractivity contribution >= 4 is 11.2 Å². The van der Waals surface area contributed by atoms with Gasteiger partial charge in [0.05, 0.1) is 23.0 Å². The summed E-state index contributed by atoms with van der Waals surface area (Å²) < 4.78 is 18.9. The molecule has 2 aliphatic rings. The van der Waals surface area contributed by atoms with Crippen LogP contribution in [0, 0.1) is 5.92 Å². The van der Waals surface area contributed by atoms with Gasteiger partial charge in [-0.3, -0.25) is 0 Å². The molecule has 160 valence electrons. The lowest BCUT2D eigenvalue weighted by molar-refractivity contribution is -0.170. The van der Waals surface area contributed by atoms with Crippen LogP contribution in [0.25, 0.3) is 17.0 Å². The minimum atomic E-state index is -0.176.